The highest BCUT2D eigenvalue weighted by Gasteiger charge is 2.38. The molecule has 76 valence electrons. The van der Waals surface area contributed by atoms with Crippen molar-refractivity contribution in [3.8, 4) is 0 Å². The molecule has 1 aliphatic carbocycles. The van der Waals surface area contributed by atoms with Gasteiger partial charge in [-0.2, -0.15) is 0 Å². The Balaban J connectivity index is 2.43. The SMILES string of the molecule is Cc1ccc(Cl)c(C2(CN)CCC2)c1. The molecule has 0 spiro atoms. The predicted molar refractivity (Wildman–Crippen MR) is 60.8 cm³/mol. The lowest BCUT2D eigenvalue weighted by atomic mass is 9.64. The van der Waals surface area contributed by atoms with Crippen LogP contribution in [0.1, 0.15) is 30.4 Å². The number of hydrogen-bond donors (Lipinski definition) is 1. The summed E-state index contributed by atoms with van der Waals surface area (Å²) in [5.74, 6) is 0. The Kier molecular flexibility index (Phi) is 2.54. The molecule has 2 N–H and O–H groups in total. The fourth-order valence-electron chi connectivity index (χ4n) is 2.23. The van der Waals surface area contributed by atoms with Crippen molar-refractivity contribution in [2.45, 2.75) is 31.6 Å². The fraction of sp³-hybridized carbons (Fsp3) is 0.500. The van der Waals surface area contributed by atoms with E-state index in [4.69, 9.17) is 17.3 Å². The predicted octanol–water partition coefficient (Wildman–Crippen LogP) is 3.03. The van der Waals surface area contributed by atoms with Gasteiger partial charge in [0.15, 0.2) is 0 Å². The maximum atomic E-state index is 6.22. The number of aryl methyl sites for hydroxylation is 1. The molecular weight excluding hydrogens is 194 g/mol. The van der Waals surface area contributed by atoms with Crippen molar-refractivity contribution in [1.29, 1.82) is 0 Å². The van der Waals surface area contributed by atoms with Crippen LogP contribution in [0.4, 0.5) is 0 Å². The summed E-state index contributed by atoms with van der Waals surface area (Å²) in [7, 11) is 0. The molecule has 0 amide bonds. The molecule has 1 fully saturated rings. The minimum Gasteiger partial charge on any atom is -0.330 e. The first kappa shape index (κ1) is 10.0. The average Bonchev–Trinajstić information content (AvgIpc) is 2.10. The third-order valence-corrected chi connectivity index (χ3v) is 3.72. The number of rotatable bonds is 2. The Morgan fingerprint density at radius 3 is 2.64 bits per heavy atom. The summed E-state index contributed by atoms with van der Waals surface area (Å²) in [6.45, 7) is 2.82. The van der Waals surface area contributed by atoms with Crippen molar-refractivity contribution in [3.63, 3.8) is 0 Å². The zero-order chi connectivity index (χ0) is 10.2. The maximum absolute atomic E-state index is 6.22. The van der Waals surface area contributed by atoms with Gasteiger partial charge in [-0.25, -0.2) is 0 Å². The number of hydrogen-bond acceptors (Lipinski definition) is 1. The lowest BCUT2D eigenvalue weighted by Crippen LogP contribution is -2.41. The van der Waals surface area contributed by atoms with Crippen LogP contribution in [-0.4, -0.2) is 6.54 Å². The molecule has 1 aromatic rings. The lowest BCUT2D eigenvalue weighted by Gasteiger charge is -2.42. The normalized spacial score (nSPS) is 19.1. The lowest BCUT2D eigenvalue weighted by molar-refractivity contribution is 0.253. The van der Waals surface area contributed by atoms with E-state index < -0.39 is 0 Å². The summed E-state index contributed by atoms with van der Waals surface area (Å²) < 4.78 is 0. The molecule has 0 atom stereocenters. The van der Waals surface area contributed by atoms with E-state index in [-0.39, 0.29) is 5.41 Å². The topological polar surface area (TPSA) is 26.0 Å². The average molecular weight is 210 g/mol. The smallest absolute Gasteiger partial charge is 0.0444 e. The zero-order valence-electron chi connectivity index (χ0n) is 8.52. The van der Waals surface area contributed by atoms with Gasteiger partial charge in [-0.3, -0.25) is 0 Å². The van der Waals surface area contributed by atoms with Gasteiger partial charge in [0.2, 0.25) is 0 Å². The largest absolute Gasteiger partial charge is 0.330 e. The molecule has 0 saturated heterocycles. The fourth-order valence-corrected chi connectivity index (χ4v) is 2.55. The van der Waals surface area contributed by atoms with Crippen LogP contribution in [0, 0.1) is 6.92 Å². The van der Waals surface area contributed by atoms with Gasteiger partial charge >= 0.3 is 0 Å². The standard InChI is InChI=1S/C12H16ClN/c1-9-3-4-11(13)10(7-9)12(8-14)5-2-6-12/h3-4,7H,2,5-6,8,14H2,1H3. The van der Waals surface area contributed by atoms with Crippen molar-refractivity contribution >= 4 is 11.6 Å². The Hall–Kier alpha value is -0.530. The summed E-state index contributed by atoms with van der Waals surface area (Å²) in [6, 6.07) is 6.23. The molecule has 1 aliphatic rings. The summed E-state index contributed by atoms with van der Waals surface area (Å²) in [5.41, 5.74) is 8.57. The van der Waals surface area contributed by atoms with E-state index in [1.807, 2.05) is 6.07 Å². The number of benzene rings is 1. The molecule has 0 bridgehead atoms. The van der Waals surface area contributed by atoms with Crippen molar-refractivity contribution in [3.05, 3.63) is 34.3 Å². The van der Waals surface area contributed by atoms with E-state index in [9.17, 15) is 0 Å². The summed E-state index contributed by atoms with van der Waals surface area (Å²) in [4.78, 5) is 0. The van der Waals surface area contributed by atoms with E-state index in [1.165, 1.54) is 30.4 Å². The van der Waals surface area contributed by atoms with Crippen LogP contribution in [0.2, 0.25) is 5.02 Å². The van der Waals surface area contributed by atoms with E-state index in [1.54, 1.807) is 0 Å². The minimum absolute atomic E-state index is 0.184. The summed E-state index contributed by atoms with van der Waals surface area (Å²) in [6.07, 6.45) is 3.65. The van der Waals surface area contributed by atoms with Crippen molar-refractivity contribution in [2.24, 2.45) is 5.73 Å². The third kappa shape index (κ3) is 1.45. The number of halogens is 1. The van der Waals surface area contributed by atoms with Crippen molar-refractivity contribution in [1.82, 2.24) is 0 Å². The molecule has 2 rings (SSSR count). The highest BCUT2D eigenvalue weighted by Crippen LogP contribution is 2.45. The molecule has 0 heterocycles. The molecule has 0 radical (unpaired) electrons. The van der Waals surface area contributed by atoms with E-state index >= 15 is 0 Å². The monoisotopic (exact) mass is 209 g/mol. The summed E-state index contributed by atoms with van der Waals surface area (Å²) >= 11 is 6.22. The van der Waals surface area contributed by atoms with Gasteiger partial charge in [-0.15, -0.1) is 0 Å². The van der Waals surface area contributed by atoms with Gasteiger partial charge in [0.05, 0.1) is 0 Å². The van der Waals surface area contributed by atoms with Gasteiger partial charge < -0.3 is 5.73 Å². The maximum Gasteiger partial charge on any atom is 0.0444 e. The highest BCUT2D eigenvalue weighted by molar-refractivity contribution is 6.31. The quantitative estimate of drug-likeness (QED) is 0.796. The van der Waals surface area contributed by atoms with Crippen LogP contribution in [-0.2, 0) is 5.41 Å². The van der Waals surface area contributed by atoms with E-state index in [0.717, 1.165) is 11.6 Å². The molecule has 1 nitrogen and oxygen atoms in total. The molecular formula is C12H16ClN. The molecule has 14 heavy (non-hydrogen) atoms. The second kappa shape index (κ2) is 3.56. The molecule has 1 aromatic carbocycles. The first-order valence-electron chi connectivity index (χ1n) is 5.15. The Morgan fingerprint density at radius 1 is 1.43 bits per heavy atom. The first-order chi connectivity index (χ1) is 6.68. The third-order valence-electron chi connectivity index (χ3n) is 3.39. The molecule has 1 saturated carbocycles. The van der Waals surface area contributed by atoms with Gasteiger partial charge in [-0.1, -0.05) is 35.7 Å². The van der Waals surface area contributed by atoms with Crippen molar-refractivity contribution in [2.75, 3.05) is 6.54 Å². The zero-order valence-corrected chi connectivity index (χ0v) is 9.27. The molecule has 0 aliphatic heterocycles. The Bertz CT molecular complexity index is 337. The molecule has 0 unspecified atom stereocenters. The first-order valence-corrected chi connectivity index (χ1v) is 5.52. The Labute approximate surface area is 90.3 Å². The Morgan fingerprint density at radius 2 is 2.14 bits per heavy atom. The summed E-state index contributed by atoms with van der Waals surface area (Å²) in [5, 5.41) is 0.876. The van der Waals surface area contributed by atoms with Gasteiger partial charge in [0.1, 0.15) is 0 Å². The van der Waals surface area contributed by atoms with Crippen LogP contribution < -0.4 is 5.73 Å². The van der Waals surface area contributed by atoms with Crippen LogP contribution in [0.3, 0.4) is 0 Å². The van der Waals surface area contributed by atoms with Crippen LogP contribution in [0.5, 0.6) is 0 Å². The van der Waals surface area contributed by atoms with E-state index in [2.05, 4.69) is 19.1 Å². The second-order valence-electron chi connectivity index (χ2n) is 4.32. The van der Waals surface area contributed by atoms with Gasteiger partial charge in [-0.05, 0) is 31.4 Å². The second-order valence-corrected chi connectivity index (χ2v) is 4.73. The van der Waals surface area contributed by atoms with Crippen LogP contribution in [0.25, 0.3) is 0 Å². The minimum atomic E-state index is 0.184. The van der Waals surface area contributed by atoms with E-state index in [0.29, 0.717) is 0 Å². The van der Waals surface area contributed by atoms with Gasteiger partial charge in [0.25, 0.3) is 0 Å². The van der Waals surface area contributed by atoms with Crippen LogP contribution in [0.15, 0.2) is 18.2 Å². The van der Waals surface area contributed by atoms with Crippen LogP contribution >= 0.6 is 11.6 Å². The molecule has 2 heteroatoms. The van der Waals surface area contributed by atoms with Crippen molar-refractivity contribution < 1.29 is 0 Å². The number of nitrogens with two attached hydrogens (primary N) is 1. The highest BCUT2D eigenvalue weighted by atomic mass is 35.5. The molecule has 0 aromatic heterocycles. The van der Waals surface area contributed by atoms with Gasteiger partial charge in [0, 0.05) is 17.0 Å².